The number of rotatable bonds is 7. The number of hydrogen-bond donors (Lipinski definition) is 2. The van der Waals surface area contributed by atoms with Crippen molar-refractivity contribution in [1.29, 1.82) is 0 Å². The molecule has 1 amide bonds. The van der Waals surface area contributed by atoms with Crippen molar-refractivity contribution in [3.63, 3.8) is 0 Å². The molecule has 0 saturated carbocycles. The van der Waals surface area contributed by atoms with Gasteiger partial charge in [0, 0.05) is 23.9 Å². The lowest BCUT2D eigenvalue weighted by Gasteiger charge is -2.30. The Hall–Kier alpha value is -1.26. The highest BCUT2D eigenvalue weighted by atomic mass is 35.5. The SMILES string of the molecule is CC(C)COc1ccc(C(C)(C)CNC(=O)[C@H]2CCN[C@@H](C)C2)cc1.Cl. The molecule has 4 nitrogen and oxygen atoms in total. The maximum Gasteiger partial charge on any atom is 0.223 e. The van der Waals surface area contributed by atoms with E-state index >= 15 is 0 Å². The van der Waals surface area contributed by atoms with E-state index in [-0.39, 0.29) is 29.6 Å². The first kappa shape index (κ1) is 22.8. The Morgan fingerprint density at radius 2 is 1.96 bits per heavy atom. The van der Waals surface area contributed by atoms with Crippen molar-refractivity contribution in [2.75, 3.05) is 19.7 Å². The second kappa shape index (κ2) is 10.2. The highest BCUT2D eigenvalue weighted by molar-refractivity contribution is 5.85. The quantitative estimate of drug-likeness (QED) is 0.751. The van der Waals surface area contributed by atoms with Crippen LogP contribution in [0.25, 0.3) is 0 Å². The number of carbonyl (C=O) groups is 1. The van der Waals surface area contributed by atoms with E-state index in [1.807, 2.05) is 12.1 Å². The van der Waals surface area contributed by atoms with Crippen LogP contribution >= 0.6 is 12.4 Å². The third kappa shape index (κ3) is 6.81. The van der Waals surface area contributed by atoms with Gasteiger partial charge in [-0.1, -0.05) is 39.8 Å². The van der Waals surface area contributed by atoms with E-state index < -0.39 is 0 Å². The van der Waals surface area contributed by atoms with Crippen LogP contribution in [-0.2, 0) is 10.2 Å². The van der Waals surface area contributed by atoms with Crippen LogP contribution in [0.5, 0.6) is 5.75 Å². The molecule has 1 aromatic rings. The van der Waals surface area contributed by atoms with E-state index in [0.29, 0.717) is 18.5 Å². The first-order chi connectivity index (χ1) is 11.8. The van der Waals surface area contributed by atoms with Crippen molar-refractivity contribution in [2.24, 2.45) is 11.8 Å². The van der Waals surface area contributed by atoms with Crippen molar-refractivity contribution in [3.05, 3.63) is 29.8 Å². The van der Waals surface area contributed by atoms with Crippen molar-refractivity contribution in [2.45, 2.75) is 58.9 Å². The summed E-state index contributed by atoms with van der Waals surface area (Å²) in [7, 11) is 0. The molecular formula is C21H35ClN2O2. The predicted molar refractivity (Wildman–Crippen MR) is 110 cm³/mol. The fourth-order valence-corrected chi connectivity index (χ4v) is 3.19. The molecule has 1 heterocycles. The summed E-state index contributed by atoms with van der Waals surface area (Å²) >= 11 is 0. The molecular weight excluding hydrogens is 348 g/mol. The molecule has 26 heavy (non-hydrogen) atoms. The van der Waals surface area contributed by atoms with Gasteiger partial charge in [0.25, 0.3) is 0 Å². The Bertz CT molecular complexity index is 558. The van der Waals surface area contributed by atoms with Crippen molar-refractivity contribution in [3.8, 4) is 5.75 Å². The summed E-state index contributed by atoms with van der Waals surface area (Å²) in [5.41, 5.74) is 1.11. The molecule has 0 aliphatic carbocycles. The second-order valence-corrected chi connectivity index (χ2v) is 8.41. The van der Waals surface area contributed by atoms with E-state index in [1.54, 1.807) is 0 Å². The minimum Gasteiger partial charge on any atom is -0.493 e. The molecule has 2 N–H and O–H groups in total. The molecule has 2 atom stereocenters. The van der Waals surface area contributed by atoms with E-state index in [4.69, 9.17) is 4.74 Å². The summed E-state index contributed by atoms with van der Waals surface area (Å²) in [5.74, 6) is 1.75. The average molecular weight is 383 g/mol. The minimum absolute atomic E-state index is 0. The van der Waals surface area contributed by atoms with Crippen LogP contribution in [0.15, 0.2) is 24.3 Å². The molecule has 1 fully saturated rings. The number of nitrogens with one attached hydrogen (secondary N) is 2. The zero-order chi connectivity index (χ0) is 18.4. The predicted octanol–water partition coefficient (Wildman–Crippen LogP) is 3.93. The molecule has 2 rings (SSSR count). The number of halogens is 1. The third-order valence-corrected chi connectivity index (χ3v) is 4.92. The average Bonchev–Trinajstić information content (AvgIpc) is 2.58. The first-order valence-corrected chi connectivity index (χ1v) is 9.52. The number of amides is 1. The zero-order valence-corrected chi connectivity index (χ0v) is 17.6. The highest BCUT2D eigenvalue weighted by Gasteiger charge is 2.27. The first-order valence-electron chi connectivity index (χ1n) is 9.52. The van der Waals surface area contributed by atoms with Gasteiger partial charge in [-0.3, -0.25) is 4.79 Å². The van der Waals surface area contributed by atoms with Crippen molar-refractivity contribution in [1.82, 2.24) is 10.6 Å². The molecule has 0 radical (unpaired) electrons. The number of carbonyl (C=O) groups excluding carboxylic acids is 1. The maximum atomic E-state index is 12.5. The molecule has 1 aliphatic rings. The Kier molecular flexibility index (Phi) is 8.91. The molecule has 1 aromatic carbocycles. The lowest BCUT2D eigenvalue weighted by molar-refractivity contribution is -0.126. The molecule has 148 valence electrons. The van der Waals surface area contributed by atoms with E-state index in [0.717, 1.165) is 31.7 Å². The normalized spacial score (nSPS) is 20.4. The van der Waals surface area contributed by atoms with Crippen LogP contribution in [-0.4, -0.2) is 31.6 Å². The van der Waals surface area contributed by atoms with Crippen LogP contribution in [0.1, 0.15) is 53.0 Å². The number of ether oxygens (including phenoxy) is 1. The van der Waals surface area contributed by atoms with Crippen molar-refractivity contribution < 1.29 is 9.53 Å². The third-order valence-electron chi connectivity index (χ3n) is 4.92. The number of piperidine rings is 1. The summed E-state index contributed by atoms with van der Waals surface area (Å²) in [6.45, 7) is 13.1. The number of hydrogen-bond acceptors (Lipinski definition) is 3. The van der Waals surface area contributed by atoms with Crippen LogP contribution in [0.4, 0.5) is 0 Å². The molecule has 0 unspecified atom stereocenters. The Balaban J connectivity index is 0.00000338. The van der Waals surface area contributed by atoms with Gasteiger partial charge < -0.3 is 15.4 Å². The van der Waals surface area contributed by atoms with Gasteiger partial charge in [-0.05, 0) is 49.9 Å². The fourth-order valence-electron chi connectivity index (χ4n) is 3.19. The van der Waals surface area contributed by atoms with Crippen LogP contribution in [0, 0.1) is 11.8 Å². The van der Waals surface area contributed by atoms with Gasteiger partial charge in [0.2, 0.25) is 5.91 Å². The van der Waals surface area contributed by atoms with Crippen LogP contribution < -0.4 is 15.4 Å². The largest absolute Gasteiger partial charge is 0.493 e. The zero-order valence-electron chi connectivity index (χ0n) is 16.8. The Morgan fingerprint density at radius 3 is 2.54 bits per heavy atom. The minimum atomic E-state index is -0.106. The van der Waals surface area contributed by atoms with E-state index in [1.165, 1.54) is 5.56 Å². The smallest absolute Gasteiger partial charge is 0.223 e. The van der Waals surface area contributed by atoms with Crippen LogP contribution in [0.2, 0.25) is 0 Å². The summed E-state index contributed by atoms with van der Waals surface area (Å²) in [6.07, 6.45) is 1.85. The van der Waals surface area contributed by atoms with Gasteiger partial charge in [-0.15, -0.1) is 12.4 Å². The van der Waals surface area contributed by atoms with Gasteiger partial charge >= 0.3 is 0 Å². The molecule has 0 aromatic heterocycles. The Morgan fingerprint density at radius 1 is 1.31 bits per heavy atom. The summed E-state index contributed by atoms with van der Waals surface area (Å²) < 4.78 is 5.75. The molecule has 5 heteroatoms. The summed E-state index contributed by atoms with van der Waals surface area (Å²) in [4.78, 5) is 12.5. The summed E-state index contributed by atoms with van der Waals surface area (Å²) in [6, 6.07) is 8.69. The standard InChI is InChI=1S/C21H34N2O2.ClH/c1-15(2)13-25-19-8-6-18(7-9-19)21(4,5)14-23-20(24)17-10-11-22-16(3)12-17;/h6-9,15-17,22H,10-14H2,1-5H3,(H,23,24);1H/t16-,17-;/m0./s1. The molecule has 0 bridgehead atoms. The van der Waals surface area contributed by atoms with Gasteiger partial charge in [-0.25, -0.2) is 0 Å². The maximum absolute atomic E-state index is 12.5. The highest BCUT2D eigenvalue weighted by Crippen LogP contribution is 2.25. The monoisotopic (exact) mass is 382 g/mol. The van der Waals surface area contributed by atoms with Crippen molar-refractivity contribution >= 4 is 18.3 Å². The molecule has 1 aliphatic heterocycles. The van der Waals surface area contributed by atoms with Crippen LogP contribution in [0.3, 0.4) is 0 Å². The van der Waals surface area contributed by atoms with E-state index in [2.05, 4.69) is 57.4 Å². The number of benzene rings is 1. The lowest BCUT2D eigenvalue weighted by atomic mass is 9.84. The van der Waals surface area contributed by atoms with Gasteiger partial charge in [0.15, 0.2) is 0 Å². The fraction of sp³-hybridized carbons (Fsp3) is 0.667. The topological polar surface area (TPSA) is 50.4 Å². The Labute approximate surface area is 164 Å². The molecule has 0 spiro atoms. The lowest BCUT2D eigenvalue weighted by Crippen LogP contribution is -2.45. The van der Waals surface area contributed by atoms with Gasteiger partial charge in [-0.2, -0.15) is 0 Å². The molecule has 1 saturated heterocycles. The second-order valence-electron chi connectivity index (χ2n) is 8.41. The summed E-state index contributed by atoms with van der Waals surface area (Å²) in [5, 5.41) is 6.56. The van der Waals surface area contributed by atoms with Gasteiger partial charge in [0.05, 0.1) is 6.61 Å². The van der Waals surface area contributed by atoms with E-state index in [9.17, 15) is 4.79 Å². The van der Waals surface area contributed by atoms with Gasteiger partial charge in [0.1, 0.15) is 5.75 Å².